The van der Waals surface area contributed by atoms with Gasteiger partial charge in [0.2, 0.25) is 5.91 Å². The van der Waals surface area contributed by atoms with E-state index in [0.717, 1.165) is 25.8 Å². The van der Waals surface area contributed by atoms with Crippen LogP contribution < -0.4 is 10.6 Å². The number of nitrogens with one attached hydrogen (secondary N) is 2. The zero-order valence-corrected chi connectivity index (χ0v) is 10.7. The number of esters is 1. The van der Waals surface area contributed by atoms with Crippen molar-refractivity contribution in [2.45, 2.75) is 45.1 Å². The van der Waals surface area contributed by atoms with E-state index in [0.29, 0.717) is 13.2 Å². The summed E-state index contributed by atoms with van der Waals surface area (Å²) in [5.41, 5.74) is -0.479. The zero-order valence-electron chi connectivity index (χ0n) is 10.7. The lowest BCUT2D eigenvalue weighted by Gasteiger charge is -2.33. The van der Waals surface area contributed by atoms with Crippen molar-refractivity contribution in [1.82, 2.24) is 10.6 Å². The first kappa shape index (κ1) is 14.0. The first-order chi connectivity index (χ1) is 8.08. The molecule has 1 fully saturated rings. The fourth-order valence-electron chi connectivity index (χ4n) is 1.96. The molecule has 1 aliphatic heterocycles. The highest BCUT2D eigenvalue weighted by Crippen LogP contribution is 2.18. The molecule has 5 nitrogen and oxygen atoms in total. The minimum Gasteiger partial charge on any atom is -0.466 e. The number of carbonyl (C=O) groups excluding carboxylic acids is 2. The van der Waals surface area contributed by atoms with E-state index in [1.165, 1.54) is 0 Å². The van der Waals surface area contributed by atoms with Crippen LogP contribution >= 0.6 is 0 Å². The molecule has 1 atom stereocenters. The van der Waals surface area contributed by atoms with E-state index in [1.807, 2.05) is 6.92 Å². The Morgan fingerprint density at radius 3 is 2.76 bits per heavy atom. The Morgan fingerprint density at radius 1 is 1.41 bits per heavy atom. The van der Waals surface area contributed by atoms with Gasteiger partial charge in [0, 0.05) is 6.54 Å². The van der Waals surface area contributed by atoms with Gasteiger partial charge < -0.3 is 15.4 Å². The molecule has 1 aliphatic rings. The predicted molar refractivity (Wildman–Crippen MR) is 64.5 cm³/mol. The fourth-order valence-corrected chi connectivity index (χ4v) is 1.96. The Kier molecular flexibility index (Phi) is 5.41. The molecule has 17 heavy (non-hydrogen) atoms. The maximum atomic E-state index is 11.9. The van der Waals surface area contributed by atoms with Gasteiger partial charge in [-0.3, -0.25) is 9.59 Å². The van der Waals surface area contributed by atoms with Crippen molar-refractivity contribution in [1.29, 1.82) is 0 Å². The molecule has 1 heterocycles. The summed E-state index contributed by atoms with van der Waals surface area (Å²) in [5.74, 6) is -0.295. The van der Waals surface area contributed by atoms with Crippen LogP contribution in [-0.4, -0.2) is 37.1 Å². The normalized spacial score (nSPS) is 24.1. The second-order valence-electron chi connectivity index (χ2n) is 4.53. The molecule has 0 aliphatic carbocycles. The Balaban J connectivity index is 2.26. The van der Waals surface area contributed by atoms with Crippen molar-refractivity contribution in [2.24, 2.45) is 0 Å². The summed E-state index contributed by atoms with van der Waals surface area (Å²) in [6, 6.07) is 0. The van der Waals surface area contributed by atoms with E-state index in [4.69, 9.17) is 4.74 Å². The number of ether oxygens (including phenoxy) is 1. The molecule has 0 aromatic rings. The summed E-state index contributed by atoms with van der Waals surface area (Å²) in [6.45, 7) is 5.28. The molecule has 1 rings (SSSR count). The summed E-state index contributed by atoms with van der Waals surface area (Å²) < 4.78 is 4.79. The summed E-state index contributed by atoms with van der Waals surface area (Å²) in [6.07, 6.45) is 3.26. The van der Waals surface area contributed by atoms with Crippen LogP contribution in [0.4, 0.5) is 0 Å². The second kappa shape index (κ2) is 6.59. The highest BCUT2D eigenvalue weighted by Gasteiger charge is 2.33. The molecule has 0 aromatic heterocycles. The monoisotopic (exact) mass is 242 g/mol. The van der Waals surface area contributed by atoms with Crippen LogP contribution in [0, 0.1) is 0 Å². The topological polar surface area (TPSA) is 67.4 Å². The fraction of sp³-hybridized carbons (Fsp3) is 0.833. The Morgan fingerprint density at radius 2 is 2.18 bits per heavy atom. The van der Waals surface area contributed by atoms with Crippen molar-refractivity contribution in [2.75, 3.05) is 19.7 Å². The number of piperidine rings is 1. The van der Waals surface area contributed by atoms with Crippen molar-refractivity contribution in [3.63, 3.8) is 0 Å². The molecule has 0 bridgehead atoms. The average molecular weight is 242 g/mol. The van der Waals surface area contributed by atoms with Gasteiger partial charge in [0.25, 0.3) is 0 Å². The first-order valence-electron chi connectivity index (χ1n) is 6.27. The summed E-state index contributed by atoms with van der Waals surface area (Å²) in [4.78, 5) is 23.0. The smallest absolute Gasteiger partial charge is 0.307 e. The van der Waals surface area contributed by atoms with Gasteiger partial charge in [-0.25, -0.2) is 0 Å². The van der Waals surface area contributed by atoms with Gasteiger partial charge in [-0.05, 0) is 39.7 Å². The number of amides is 1. The maximum absolute atomic E-state index is 11.9. The first-order valence-corrected chi connectivity index (χ1v) is 6.27. The van der Waals surface area contributed by atoms with Crippen molar-refractivity contribution in [3.05, 3.63) is 0 Å². The Labute approximate surface area is 102 Å². The summed E-state index contributed by atoms with van der Waals surface area (Å²) >= 11 is 0. The lowest BCUT2D eigenvalue weighted by Crippen LogP contribution is -2.57. The van der Waals surface area contributed by atoms with Crippen molar-refractivity contribution >= 4 is 11.9 Å². The predicted octanol–water partition coefficient (Wildman–Crippen LogP) is 0.588. The molecule has 2 N–H and O–H groups in total. The third-order valence-corrected chi connectivity index (χ3v) is 3.04. The molecular formula is C12H22N2O3. The number of carbonyl (C=O) groups is 2. The minimum absolute atomic E-state index is 0.0264. The average Bonchev–Trinajstić information content (AvgIpc) is 2.30. The maximum Gasteiger partial charge on any atom is 0.307 e. The third-order valence-electron chi connectivity index (χ3n) is 3.04. The van der Waals surface area contributed by atoms with Crippen molar-refractivity contribution in [3.8, 4) is 0 Å². The second-order valence-corrected chi connectivity index (χ2v) is 4.53. The summed E-state index contributed by atoms with van der Waals surface area (Å²) in [5, 5.41) is 6.01. The van der Waals surface area contributed by atoms with Crippen LogP contribution in [0.15, 0.2) is 0 Å². The number of hydrogen-bond donors (Lipinski definition) is 2. The van der Waals surface area contributed by atoms with Gasteiger partial charge in [-0.15, -0.1) is 0 Å². The quantitative estimate of drug-likeness (QED) is 0.692. The van der Waals surface area contributed by atoms with E-state index in [9.17, 15) is 9.59 Å². The van der Waals surface area contributed by atoms with Crippen LogP contribution in [0.3, 0.4) is 0 Å². The van der Waals surface area contributed by atoms with Gasteiger partial charge in [0.05, 0.1) is 18.6 Å². The van der Waals surface area contributed by atoms with Gasteiger partial charge in [-0.2, -0.15) is 0 Å². The molecule has 98 valence electrons. The Bertz CT molecular complexity index is 273. The van der Waals surface area contributed by atoms with Crippen LogP contribution in [0.1, 0.15) is 39.5 Å². The van der Waals surface area contributed by atoms with Crippen LogP contribution in [0.2, 0.25) is 0 Å². The van der Waals surface area contributed by atoms with Crippen LogP contribution in [0.5, 0.6) is 0 Å². The lowest BCUT2D eigenvalue weighted by atomic mass is 9.90. The van der Waals surface area contributed by atoms with E-state index >= 15 is 0 Å². The molecule has 0 spiro atoms. The highest BCUT2D eigenvalue weighted by molar-refractivity contribution is 5.86. The number of hydrogen-bond acceptors (Lipinski definition) is 4. The lowest BCUT2D eigenvalue weighted by molar-refractivity contribution is -0.143. The summed E-state index contributed by atoms with van der Waals surface area (Å²) in [7, 11) is 0. The van der Waals surface area contributed by atoms with Gasteiger partial charge in [0.15, 0.2) is 0 Å². The molecule has 1 unspecified atom stereocenters. The molecule has 0 aromatic carbocycles. The van der Waals surface area contributed by atoms with E-state index in [1.54, 1.807) is 6.92 Å². The Hall–Kier alpha value is -1.10. The van der Waals surface area contributed by atoms with Gasteiger partial charge >= 0.3 is 5.97 Å². The molecular weight excluding hydrogens is 220 g/mol. The molecule has 0 saturated carbocycles. The molecule has 1 saturated heterocycles. The van der Waals surface area contributed by atoms with E-state index in [-0.39, 0.29) is 18.3 Å². The third kappa shape index (κ3) is 4.34. The van der Waals surface area contributed by atoms with Gasteiger partial charge in [0.1, 0.15) is 0 Å². The molecule has 5 heteroatoms. The van der Waals surface area contributed by atoms with Crippen LogP contribution in [-0.2, 0) is 14.3 Å². The van der Waals surface area contributed by atoms with E-state index in [2.05, 4.69) is 10.6 Å². The van der Waals surface area contributed by atoms with Crippen molar-refractivity contribution < 1.29 is 14.3 Å². The number of rotatable bonds is 5. The molecule has 0 radical (unpaired) electrons. The standard InChI is InChI=1S/C12H22N2O3/c1-3-17-10(15)6-9-13-11(16)12(2)7-4-5-8-14-12/h14H,3-9H2,1-2H3,(H,13,16). The van der Waals surface area contributed by atoms with E-state index < -0.39 is 5.54 Å². The van der Waals surface area contributed by atoms with Crippen LogP contribution in [0.25, 0.3) is 0 Å². The van der Waals surface area contributed by atoms with Gasteiger partial charge in [-0.1, -0.05) is 0 Å². The minimum atomic E-state index is -0.479. The largest absolute Gasteiger partial charge is 0.466 e. The SMILES string of the molecule is CCOC(=O)CCNC(=O)C1(C)CCCCN1. The zero-order chi connectivity index (χ0) is 12.7. The highest BCUT2D eigenvalue weighted by atomic mass is 16.5. The molecule has 1 amide bonds.